The van der Waals surface area contributed by atoms with Gasteiger partial charge in [0.05, 0.1) is 19.8 Å². The number of methoxy groups -OCH3 is 1. The third kappa shape index (κ3) is 4.05. The largest absolute Gasteiger partial charge is 0.504 e. The Morgan fingerprint density at radius 2 is 1.91 bits per heavy atom. The Labute approximate surface area is 189 Å². The Kier molecular flexibility index (Phi) is 5.76. The third-order valence-corrected chi connectivity index (χ3v) is 6.62. The van der Waals surface area contributed by atoms with Gasteiger partial charge in [0.25, 0.3) is 0 Å². The summed E-state index contributed by atoms with van der Waals surface area (Å²) >= 11 is 0. The number of anilines is 1. The van der Waals surface area contributed by atoms with Gasteiger partial charge in [-0.3, -0.25) is 0 Å². The molecule has 2 N–H and O–H groups in total. The van der Waals surface area contributed by atoms with Gasteiger partial charge in [-0.2, -0.15) is 0 Å². The molecular weight excluding hydrogens is 398 g/mol. The van der Waals surface area contributed by atoms with Crippen LogP contribution in [0.15, 0.2) is 78.9 Å². The number of hydrogen-bond acceptors (Lipinski definition) is 4. The van der Waals surface area contributed by atoms with Crippen LogP contribution in [0.3, 0.4) is 0 Å². The molecule has 1 aliphatic heterocycles. The summed E-state index contributed by atoms with van der Waals surface area (Å²) in [6, 6.07) is 22.7. The van der Waals surface area contributed by atoms with Crippen LogP contribution in [0.1, 0.15) is 41.5 Å². The van der Waals surface area contributed by atoms with Crippen molar-refractivity contribution in [1.29, 1.82) is 0 Å². The monoisotopic (exact) mass is 427 g/mol. The molecule has 3 atom stereocenters. The normalized spacial score (nSPS) is 20.8. The van der Waals surface area contributed by atoms with Crippen LogP contribution in [0.5, 0.6) is 17.2 Å². The Morgan fingerprint density at radius 1 is 1.03 bits per heavy atom. The lowest BCUT2D eigenvalue weighted by Crippen LogP contribution is -2.29. The number of aromatic hydroxyl groups is 1. The van der Waals surface area contributed by atoms with Crippen molar-refractivity contribution in [1.82, 2.24) is 0 Å². The standard InChI is InChI=1S/C28H29NO3/c1-31-27-15-12-20(17-26(27)30)28-23-11-5-10-22(23)24-18-21(13-14-25(24)29-28)32-16-6-9-19-7-3-2-4-8-19/h2-5,7-8,10,12-15,17-18,22-23,28-30H,6,9,11,16H2,1H3. The number of rotatable bonds is 7. The molecular formula is C28H29NO3. The molecule has 0 spiro atoms. The van der Waals surface area contributed by atoms with Crippen LogP contribution in [-0.2, 0) is 6.42 Å². The van der Waals surface area contributed by atoms with Crippen LogP contribution >= 0.6 is 0 Å². The smallest absolute Gasteiger partial charge is 0.160 e. The van der Waals surface area contributed by atoms with Crippen molar-refractivity contribution in [2.45, 2.75) is 31.2 Å². The fourth-order valence-corrected chi connectivity index (χ4v) is 5.00. The first-order valence-corrected chi connectivity index (χ1v) is 11.3. The maximum absolute atomic E-state index is 10.3. The number of nitrogens with one attached hydrogen (secondary N) is 1. The minimum absolute atomic E-state index is 0.136. The van der Waals surface area contributed by atoms with Gasteiger partial charge in [-0.15, -0.1) is 0 Å². The lowest BCUT2D eigenvalue weighted by molar-refractivity contribution is 0.310. The molecule has 3 aromatic carbocycles. The summed E-state index contributed by atoms with van der Waals surface area (Å²) in [4.78, 5) is 0. The van der Waals surface area contributed by atoms with Crippen molar-refractivity contribution in [2.75, 3.05) is 19.0 Å². The highest BCUT2D eigenvalue weighted by molar-refractivity contribution is 5.62. The van der Waals surface area contributed by atoms with Gasteiger partial charge in [0, 0.05) is 11.6 Å². The van der Waals surface area contributed by atoms with E-state index >= 15 is 0 Å². The van der Waals surface area contributed by atoms with Gasteiger partial charge in [-0.1, -0.05) is 48.6 Å². The molecule has 1 heterocycles. The van der Waals surface area contributed by atoms with Gasteiger partial charge in [0.15, 0.2) is 11.5 Å². The first-order chi connectivity index (χ1) is 15.7. The summed E-state index contributed by atoms with van der Waals surface area (Å²) in [6.45, 7) is 0.707. The fraction of sp³-hybridized carbons (Fsp3) is 0.286. The summed E-state index contributed by atoms with van der Waals surface area (Å²) < 4.78 is 11.3. The predicted octanol–water partition coefficient (Wildman–Crippen LogP) is 6.24. The summed E-state index contributed by atoms with van der Waals surface area (Å²) in [6.07, 6.45) is 7.62. The molecule has 0 bridgehead atoms. The molecule has 5 rings (SSSR count). The van der Waals surface area contributed by atoms with E-state index in [1.165, 1.54) is 11.1 Å². The second-order valence-electron chi connectivity index (χ2n) is 8.59. The number of phenols is 1. The van der Waals surface area contributed by atoms with Gasteiger partial charge in [-0.25, -0.2) is 0 Å². The van der Waals surface area contributed by atoms with Crippen LogP contribution in [-0.4, -0.2) is 18.8 Å². The topological polar surface area (TPSA) is 50.7 Å². The van der Waals surface area contributed by atoms with Crippen molar-refractivity contribution in [2.24, 2.45) is 5.92 Å². The van der Waals surface area contributed by atoms with Gasteiger partial charge < -0.3 is 19.9 Å². The Morgan fingerprint density at radius 3 is 2.72 bits per heavy atom. The zero-order chi connectivity index (χ0) is 21.9. The van der Waals surface area contributed by atoms with Crippen LogP contribution < -0.4 is 14.8 Å². The van der Waals surface area contributed by atoms with E-state index in [-0.39, 0.29) is 11.8 Å². The number of aryl methyl sites for hydroxylation is 1. The number of benzene rings is 3. The van der Waals surface area contributed by atoms with E-state index in [9.17, 15) is 5.11 Å². The summed E-state index contributed by atoms with van der Waals surface area (Å²) in [5.74, 6) is 2.36. The van der Waals surface area contributed by atoms with E-state index in [1.54, 1.807) is 7.11 Å². The molecule has 1 aliphatic carbocycles. The van der Waals surface area contributed by atoms with Gasteiger partial charge in [0.2, 0.25) is 0 Å². The molecule has 2 aliphatic rings. The van der Waals surface area contributed by atoms with Crippen LogP contribution in [0.4, 0.5) is 5.69 Å². The zero-order valence-electron chi connectivity index (χ0n) is 18.3. The number of allylic oxidation sites excluding steroid dienone is 2. The highest BCUT2D eigenvalue weighted by Gasteiger charge is 2.38. The predicted molar refractivity (Wildman–Crippen MR) is 128 cm³/mol. The van der Waals surface area contributed by atoms with E-state index in [2.05, 4.69) is 59.9 Å². The number of hydrogen-bond donors (Lipinski definition) is 2. The molecule has 4 heteroatoms. The molecule has 32 heavy (non-hydrogen) atoms. The van der Waals surface area contributed by atoms with E-state index < -0.39 is 0 Å². The lowest BCUT2D eigenvalue weighted by Gasteiger charge is -2.37. The van der Waals surface area contributed by atoms with E-state index in [0.29, 0.717) is 24.2 Å². The number of ether oxygens (including phenoxy) is 2. The Bertz CT molecular complexity index is 1110. The van der Waals surface area contributed by atoms with Gasteiger partial charge >= 0.3 is 0 Å². The minimum Gasteiger partial charge on any atom is -0.504 e. The molecule has 3 unspecified atom stereocenters. The first-order valence-electron chi connectivity index (χ1n) is 11.3. The van der Waals surface area contributed by atoms with Crippen molar-refractivity contribution in [3.05, 3.63) is 95.6 Å². The molecule has 0 radical (unpaired) electrons. The maximum atomic E-state index is 10.3. The first kappa shape index (κ1) is 20.5. The average Bonchev–Trinajstić information content (AvgIpc) is 3.32. The lowest BCUT2D eigenvalue weighted by atomic mass is 9.77. The van der Waals surface area contributed by atoms with Crippen LogP contribution in [0, 0.1) is 5.92 Å². The summed E-state index contributed by atoms with van der Waals surface area (Å²) in [5, 5.41) is 14.0. The van der Waals surface area contributed by atoms with E-state index in [1.807, 2.05) is 24.3 Å². The van der Waals surface area contributed by atoms with E-state index in [0.717, 1.165) is 36.3 Å². The fourth-order valence-electron chi connectivity index (χ4n) is 5.00. The van der Waals surface area contributed by atoms with E-state index in [4.69, 9.17) is 9.47 Å². The minimum atomic E-state index is 0.136. The highest BCUT2D eigenvalue weighted by Crippen LogP contribution is 2.51. The second kappa shape index (κ2) is 8.99. The molecule has 164 valence electrons. The quantitative estimate of drug-likeness (QED) is 0.346. The van der Waals surface area contributed by atoms with Crippen molar-refractivity contribution in [3.63, 3.8) is 0 Å². The molecule has 0 saturated carbocycles. The number of fused-ring (bicyclic) bond motifs is 3. The SMILES string of the molecule is COc1ccc(C2Nc3ccc(OCCCc4ccccc4)cc3C3C=CCC32)cc1O. The average molecular weight is 428 g/mol. The van der Waals surface area contributed by atoms with Crippen LogP contribution in [0.2, 0.25) is 0 Å². The third-order valence-electron chi connectivity index (χ3n) is 6.62. The second-order valence-corrected chi connectivity index (χ2v) is 8.59. The molecule has 0 amide bonds. The van der Waals surface area contributed by atoms with Crippen molar-refractivity contribution < 1.29 is 14.6 Å². The van der Waals surface area contributed by atoms with Gasteiger partial charge in [0.1, 0.15) is 5.75 Å². The molecule has 4 nitrogen and oxygen atoms in total. The summed E-state index contributed by atoms with van der Waals surface area (Å²) in [7, 11) is 1.57. The van der Waals surface area contributed by atoms with Crippen LogP contribution in [0.25, 0.3) is 0 Å². The zero-order valence-corrected chi connectivity index (χ0v) is 18.3. The van der Waals surface area contributed by atoms with Gasteiger partial charge in [-0.05, 0) is 72.2 Å². The number of phenolic OH excluding ortho intramolecular Hbond substituents is 1. The highest BCUT2D eigenvalue weighted by atomic mass is 16.5. The maximum Gasteiger partial charge on any atom is 0.160 e. The summed E-state index contributed by atoms with van der Waals surface area (Å²) in [5.41, 5.74) is 4.85. The molecule has 3 aromatic rings. The molecule has 0 aromatic heterocycles. The van der Waals surface area contributed by atoms with Crippen molar-refractivity contribution >= 4 is 5.69 Å². The molecule has 0 saturated heterocycles. The molecule has 0 fully saturated rings. The Hall–Kier alpha value is -3.40. The van der Waals surface area contributed by atoms with Crippen molar-refractivity contribution in [3.8, 4) is 17.2 Å². The Balaban J connectivity index is 1.30.